The minimum atomic E-state index is -0.575. The highest BCUT2D eigenvalue weighted by Gasteiger charge is 2.15. The van der Waals surface area contributed by atoms with Crippen molar-refractivity contribution >= 4 is 28.9 Å². The first kappa shape index (κ1) is 20.5. The number of para-hydroxylation sites is 2. The average Bonchev–Trinajstić information content (AvgIpc) is 2.73. The van der Waals surface area contributed by atoms with E-state index in [1.807, 2.05) is 30.3 Å². The van der Waals surface area contributed by atoms with Crippen molar-refractivity contribution in [3.63, 3.8) is 0 Å². The molecule has 2 N–H and O–H groups in total. The molecule has 0 aliphatic rings. The number of carbonyl (C=O) groups excluding carboxylic acids is 2. The predicted molar refractivity (Wildman–Crippen MR) is 112 cm³/mol. The number of ether oxygens (including phenoxy) is 1. The topological polar surface area (TPSA) is 111 Å². The van der Waals surface area contributed by atoms with Crippen molar-refractivity contribution in [2.24, 2.45) is 0 Å². The molecule has 0 atom stereocenters. The van der Waals surface area contributed by atoms with Crippen molar-refractivity contribution in [2.75, 3.05) is 17.2 Å². The van der Waals surface area contributed by atoms with Crippen molar-refractivity contribution in [2.45, 2.75) is 6.42 Å². The molecule has 0 aromatic heterocycles. The molecule has 0 fully saturated rings. The zero-order chi connectivity index (χ0) is 21.3. The van der Waals surface area contributed by atoms with E-state index in [4.69, 9.17) is 4.74 Å². The van der Waals surface area contributed by atoms with E-state index in [-0.39, 0.29) is 23.8 Å². The standard InChI is InChI=1S/C22H19N3O5/c26-21(13-16-7-2-1-3-8-16)23-17-9-6-10-18(14-17)24-22(27)15-30-20-12-5-4-11-19(20)25(28)29/h1-12,14H,13,15H2,(H,23,26)(H,24,27). The molecular weight excluding hydrogens is 386 g/mol. The Morgan fingerprint density at radius 1 is 0.833 bits per heavy atom. The van der Waals surface area contributed by atoms with Crippen molar-refractivity contribution in [3.05, 3.63) is 94.5 Å². The summed E-state index contributed by atoms with van der Waals surface area (Å²) >= 11 is 0. The Morgan fingerprint density at radius 2 is 1.47 bits per heavy atom. The van der Waals surface area contributed by atoms with E-state index in [2.05, 4.69) is 10.6 Å². The third kappa shape index (κ3) is 5.90. The van der Waals surface area contributed by atoms with E-state index >= 15 is 0 Å². The van der Waals surface area contributed by atoms with E-state index in [9.17, 15) is 19.7 Å². The van der Waals surface area contributed by atoms with Gasteiger partial charge in [0.2, 0.25) is 5.91 Å². The van der Waals surface area contributed by atoms with Gasteiger partial charge in [-0.05, 0) is 29.8 Å². The maximum atomic E-state index is 12.2. The molecule has 0 spiro atoms. The van der Waals surface area contributed by atoms with Crippen molar-refractivity contribution < 1.29 is 19.2 Å². The molecule has 0 heterocycles. The van der Waals surface area contributed by atoms with Crippen LogP contribution >= 0.6 is 0 Å². The fourth-order valence-electron chi connectivity index (χ4n) is 2.73. The van der Waals surface area contributed by atoms with Crippen LogP contribution in [0.4, 0.5) is 17.1 Å². The molecule has 0 unspecified atom stereocenters. The van der Waals surface area contributed by atoms with E-state index in [0.29, 0.717) is 11.4 Å². The molecule has 152 valence electrons. The van der Waals surface area contributed by atoms with Gasteiger partial charge >= 0.3 is 5.69 Å². The van der Waals surface area contributed by atoms with Crippen LogP contribution in [0, 0.1) is 10.1 Å². The number of nitrogens with one attached hydrogen (secondary N) is 2. The zero-order valence-corrected chi connectivity index (χ0v) is 15.9. The van der Waals surface area contributed by atoms with E-state index in [1.165, 1.54) is 18.2 Å². The molecule has 2 amide bonds. The van der Waals surface area contributed by atoms with Crippen LogP contribution in [0.5, 0.6) is 5.75 Å². The third-order valence-electron chi connectivity index (χ3n) is 4.06. The number of nitro benzene ring substituents is 1. The summed E-state index contributed by atoms with van der Waals surface area (Å²) in [5.74, 6) is -0.648. The SMILES string of the molecule is O=C(COc1ccccc1[N+](=O)[O-])Nc1cccc(NC(=O)Cc2ccccc2)c1. The van der Waals surface area contributed by atoms with Crippen LogP contribution in [0.3, 0.4) is 0 Å². The second-order valence-electron chi connectivity index (χ2n) is 6.35. The summed E-state index contributed by atoms with van der Waals surface area (Å²) < 4.78 is 5.27. The van der Waals surface area contributed by atoms with Gasteiger partial charge in [0, 0.05) is 17.4 Å². The van der Waals surface area contributed by atoms with Crippen LogP contribution in [0.2, 0.25) is 0 Å². The van der Waals surface area contributed by atoms with Gasteiger partial charge in [0.15, 0.2) is 12.4 Å². The van der Waals surface area contributed by atoms with Gasteiger partial charge in [0.1, 0.15) is 0 Å². The second-order valence-corrected chi connectivity index (χ2v) is 6.35. The number of carbonyl (C=O) groups is 2. The lowest BCUT2D eigenvalue weighted by atomic mass is 10.1. The zero-order valence-electron chi connectivity index (χ0n) is 15.9. The van der Waals surface area contributed by atoms with Gasteiger partial charge in [0.25, 0.3) is 5.91 Å². The van der Waals surface area contributed by atoms with Crippen molar-refractivity contribution in [1.82, 2.24) is 0 Å². The smallest absolute Gasteiger partial charge is 0.310 e. The lowest BCUT2D eigenvalue weighted by Crippen LogP contribution is -2.20. The maximum absolute atomic E-state index is 12.2. The molecule has 0 radical (unpaired) electrons. The normalized spacial score (nSPS) is 10.1. The third-order valence-corrected chi connectivity index (χ3v) is 4.06. The van der Waals surface area contributed by atoms with Gasteiger partial charge in [0.05, 0.1) is 11.3 Å². The Labute approximate surface area is 172 Å². The Bertz CT molecular complexity index is 1050. The minimum Gasteiger partial charge on any atom is -0.477 e. The van der Waals surface area contributed by atoms with Crippen LogP contribution in [-0.4, -0.2) is 23.3 Å². The molecule has 3 rings (SSSR count). The van der Waals surface area contributed by atoms with Gasteiger partial charge in [-0.1, -0.05) is 48.5 Å². The second kappa shape index (κ2) is 9.83. The number of hydrogen-bond acceptors (Lipinski definition) is 5. The molecule has 30 heavy (non-hydrogen) atoms. The van der Waals surface area contributed by atoms with Crippen molar-refractivity contribution in [3.8, 4) is 5.75 Å². The Morgan fingerprint density at radius 3 is 2.17 bits per heavy atom. The summed E-state index contributed by atoms with van der Waals surface area (Å²) in [6.45, 7) is -0.393. The van der Waals surface area contributed by atoms with Crippen LogP contribution in [0.1, 0.15) is 5.56 Å². The highest BCUT2D eigenvalue weighted by molar-refractivity contribution is 5.95. The highest BCUT2D eigenvalue weighted by Crippen LogP contribution is 2.25. The molecule has 8 heteroatoms. The number of benzene rings is 3. The highest BCUT2D eigenvalue weighted by atomic mass is 16.6. The van der Waals surface area contributed by atoms with Gasteiger partial charge in [-0.3, -0.25) is 19.7 Å². The number of anilines is 2. The van der Waals surface area contributed by atoms with Crippen LogP contribution in [-0.2, 0) is 16.0 Å². The molecule has 3 aromatic rings. The summed E-state index contributed by atoms with van der Waals surface area (Å²) in [7, 11) is 0. The van der Waals surface area contributed by atoms with Crippen LogP contribution < -0.4 is 15.4 Å². The average molecular weight is 405 g/mol. The number of amides is 2. The van der Waals surface area contributed by atoms with Gasteiger partial charge in [-0.2, -0.15) is 0 Å². The molecule has 0 saturated heterocycles. The van der Waals surface area contributed by atoms with Crippen LogP contribution in [0.15, 0.2) is 78.9 Å². The monoisotopic (exact) mass is 405 g/mol. The molecule has 0 bridgehead atoms. The fourth-order valence-corrected chi connectivity index (χ4v) is 2.73. The first-order valence-corrected chi connectivity index (χ1v) is 9.11. The summed E-state index contributed by atoms with van der Waals surface area (Å²) in [5.41, 5.74) is 1.68. The number of nitro groups is 1. The number of hydrogen-bond donors (Lipinski definition) is 2. The first-order valence-electron chi connectivity index (χ1n) is 9.11. The summed E-state index contributed by atoms with van der Waals surface area (Å²) in [5, 5.41) is 16.4. The molecule has 0 aliphatic heterocycles. The Balaban J connectivity index is 1.55. The van der Waals surface area contributed by atoms with E-state index in [1.54, 1.807) is 30.3 Å². The number of rotatable bonds is 8. The molecule has 3 aromatic carbocycles. The Hall–Kier alpha value is -4.20. The summed E-state index contributed by atoms with van der Waals surface area (Å²) in [6, 6.07) is 21.9. The predicted octanol–water partition coefficient (Wildman–Crippen LogP) is 3.79. The lowest BCUT2D eigenvalue weighted by Gasteiger charge is -2.10. The van der Waals surface area contributed by atoms with E-state index in [0.717, 1.165) is 5.56 Å². The van der Waals surface area contributed by atoms with Crippen LogP contribution in [0.25, 0.3) is 0 Å². The molecule has 0 aliphatic carbocycles. The van der Waals surface area contributed by atoms with Gasteiger partial charge in [-0.25, -0.2) is 0 Å². The molecular formula is C22H19N3O5. The maximum Gasteiger partial charge on any atom is 0.310 e. The molecule has 8 nitrogen and oxygen atoms in total. The molecule has 0 saturated carbocycles. The lowest BCUT2D eigenvalue weighted by molar-refractivity contribution is -0.385. The minimum absolute atomic E-state index is 0.0135. The summed E-state index contributed by atoms with van der Waals surface area (Å²) in [6.07, 6.45) is 0.237. The fraction of sp³-hybridized carbons (Fsp3) is 0.0909. The van der Waals surface area contributed by atoms with E-state index < -0.39 is 17.4 Å². The quantitative estimate of drug-likeness (QED) is 0.438. The summed E-state index contributed by atoms with van der Waals surface area (Å²) in [4.78, 5) is 34.8. The largest absolute Gasteiger partial charge is 0.477 e. The Kier molecular flexibility index (Phi) is 6.73. The van der Waals surface area contributed by atoms with Gasteiger partial charge in [-0.15, -0.1) is 0 Å². The first-order chi connectivity index (χ1) is 14.5. The van der Waals surface area contributed by atoms with Gasteiger partial charge < -0.3 is 15.4 Å². The number of nitrogens with zero attached hydrogens (tertiary/aromatic N) is 1. The van der Waals surface area contributed by atoms with Crippen molar-refractivity contribution in [1.29, 1.82) is 0 Å².